The molecule has 1 nitrogen and oxygen atoms in total. The maximum absolute atomic E-state index is 5.96. The van der Waals surface area contributed by atoms with Gasteiger partial charge in [-0.2, -0.15) is 0 Å². The molecule has 0 heterocycles. The largest absolute Gasteiger partial charge is 0.324 e. The number of hydrogen-bond donors (Lipinski definition) is 1. The van der Waals surface area contributed by atoms with E-state index in [4.69, 9.17) is 5.73 Å². The van der Waals surface area contributed by atoms with Crippen LogP contribution in [0.1, 0.15) is 29.2 Å². The third-order valence-corrected chi connectivity index (χ3v) is 3.03. The van der Waals surface area contributed by atoms with Crippen molar-refractivity contribution in [3.8, 4) is 0 Å². The minimum Gasteiger partial charge on any atom is -0.324 e. The van der Waals surface area contributed by atoms with Crippen LogP contribution in [0.25, 0.3) is 0 Å². The minimum absolute atomic E-state index is 0. The summed E-state index contributed by atoms with van der Waals surface area (Å²) in [5.41, 5.74) is 10.1. The number of fused-ring (bicyclic) bond motifs is 1. The molecule has 3 heteroatoms. The van der Waals surface area contributed by atoms with Crippen LogP contribution in [0.4, 0.5) is 0 Å². The molecule has 0 saturated carbocycles. The Morgan fingerprint density at radius 2 is 2.15 bits per heavy atom. The van der Waals surface area contributed by atoms with Crippen molar-refractivity contribution in [2.75, 3.05) is 0 Å². The third kappa shape index (κ3) is 1.90. The molecule has 0 bridgehead atoms. The van der Waals surface area contributed by atoms with E-state index in [0.29, 0.717) is 0 Å². The lowest BCUT2D eigenvalue weighted by Crippen LogP contribution is -2.05. The van der Waals surface area contributed by atoms with Crippen molar-refractivity contribution in [1.29, 1.82) is 0 Å². The molecule has 1 aromatic rings. The van der Waals surface area contributed by atoms with Gasteiger partial charge in [-0.3, -0.25) is 0 Å². The van der Waals surface area contributed by atoms with Gasteiger partial charge in [0, 0.05) is 10.5 Å². The molecule has 72 valence electrons. The summed E-state index contributed by atoms with van der Waals surface area (Å²) in [7, 11) is 0. The Hall–Kier alpha value is -0.0500. The normalized spacial score (nSPS) is 19.5. The second kappa shape index (κ2) is 3.99. The van der Waals surface area contributed by atoms with E-state index in [-0.39, 0.29) is 18.4 Å². The summed E-state index contributed by atoms with van der Waals surface area (Å²) in [5.74, 6) is 0. The van der Waals surface area contributed by atoms with Gasteiger partial charge in [0.1, 0.15) is 0 Å². The molecule has 2 N–H and O–H groups in total. The molecule has 1 aromatic carbocycles. The van der Waals surface area contributed by atoms with Gasteiger partial charge in [0.2, 0.25) is 0 Å². The van der Waals surface area contributed by atoms with Crippen molar-refractivity contribution in [2.45, 2.75) is 25.8 Å². The molecule has 1 aliphatic carbocycles. The smallest absolute Gasteiger partial charge is 0.0301 e. The van der Waals surface area contributed by atoms with Gasteiger partial charge in [0.05, 0.1) is 0 Å². The second-order valence-electron chi connectivity index (χ2n) is 3.44. The van der Waals surface area contributed by atoms with Crippen LogP contribution in [-0.2, 0) is 6.42 Å². The quantitative estimate of drug-likeness (QED) is 0.764. The standard InChI is InChI=1S/C10H12BrN.ClH/c1-6-4-7(11)5-9-8(6)2-3-10(9)12;/h4-5,10H,2-3,12H2,1H3;1H/t10-;/m1./s1. The molecule has 0 aromatic heterocycles. The van der Waals surface area contributed by atoms with Crippen LogP contribution in [-0.4, -0.2) is 0 Å². The average molecular weight is 263 g/mol. The van der Waals surface area contributed by atoms with Gasteiger partial charge >= 0.3 is 0 Å². The predicted molar refractivity (Wildman–Crippen MR) is 61.4 cm³/mol. The Morgan fingerprint density at radius 1 is 1.46 bits per heavy atom. The number of benzene rings is 1. The van der Waals surface area contributed by atoms with Gasteiger partial charge in [-0.1, -0.05) is 15.9 Å². The minimum atomic E-state index is 0. The van der Waals surface area contributed by atoms with Crippen LogP contribution in [0.5, 0.6) is 0 Å². The molecule has 2 rings (SSSR count). The van der Waals surface area contributed by atoms with Gasteiger partial charge < -0.3 is 5.73 Å². The number of nitrogens with two attached hydrogens (primary N) is 1. The van der Waals surface area contributed by atoms with Gasteiger partial charge in [-0.25, -0.2) is 0 Å². The molecule has 0 spiro atoms. The first-order chi connectivity index (χ1) is 5.68. The lowest BCUT2D eigenvalue weighted by atomic mass is 10.0. The van der Waals surface area contributed by atoms with Crippen molar-refractivity contribution in [3.05, 3.63) is 33.3 Å². The van der Waals surface area contributed by atoms with Crippen LogP contribution in [0.2, 0.25) is 0 Å². The Balaban J connectivity index is 0.000000845. The lowest BCUT2D eigenvalue weighted by Gasteiger charge is -2.07. The number of hydrogen-bond acceptors (Lipinski definition) is 1. The summed E-state index contributed by atoms with van der Waals surface area (Å²) in [5, 5.41) is 0. The van der Waals surface area contributed by atoms with E-state index in [0.717, 1.165) is 17.3 Å². The number of halogens is 2. The number of rotatable bonds is 0. The van der Waals surface area contributed by atoms with E-state index >= 15 is 0 Å². The first-order valence-electron chi connectivity index (χ1n) is 4.23. The zero-order chi connectivity index (χ0) is 8.72. The van der Waals surface area contributed by atoms with E-state index in [2.05, 4.69) is 35.0 Å². The van der Waals surface area contributed by atoms with E-state index < -0.39 is 0 Å². The fraction of sp³-hybridized carbons (Fsp3) is 0.400. The first kappa shape index (κ1) is 11.0. The maximum Gasteiger partial charge on any atom is 0.0301 e. The number of aryl methyl sites for hydroxylation is 1. The van der Waals surface area contributed by atoms with Gasteiger partial charge in [0.15, 0.2) is 0 Å². The van der Waals surface area contributed by atoms with Gasteiger partial charge in [0.25, 0.3) is 0 Å². The summed E-state index contributed by atoms with van der Waals surface area (Å²) >= 11 is 3.49. The topological polar surface area (TPSA) is 26.0 Å². The van der Waals surface area contributed by atoms with E-state index in [9.17, 15) is 0 Å². The summed E-state index contributed by atoms with van der Waals surface area (Å²) in [6.07, 6.45) is 2.25. The Kier molecular flexibility index (Phi) is 3.38. The summed E-state index contributed by atoms with van der Waals surface area (Å²) in [4.78, 5) is 0. The molecule has 0 amide bonds. The predicted octanol–water partition coefficient (Wildman–Crippen LogP) is 3.13. The van der Waals surface area contributed by atoms with Crippen molar-refractivity contribution in [1.82, 2.24) is 0 Å². The zero-order valence-electron chi connectivity index (χ0n) is 7.51. The van der Waals surface area contributed by atoms with Crippen LogP contribution >= 0.6 is 28.3 Å². The SMILES string of the molecule is Cc1cc(Br)cc2c1CC[C@H]2N.Cl. The van der Waals surface area contributed by atoms with Gasteiger partial charge in [-0.05, 0) is 48.6 Å². The molecular weight excluding hydrogens is 249 g/mol. The molecule has 0 fully saturated rings. The zero-order valence-corrected chi connectivity index (χ0v) is 9.91. The molecule has 0 unspecified atom stereocenters. The van der Waals surface area contributed by atoms with Crippen molar-refractivity contribution in [3.63, 3.8) is 0 Å². The molecule has 1 atom stereocenters. The third-order valence-electron chi connectivity index (χ3n) is 2.58. The van der Waals surface area contributed by atoms with E-state index in [1.807, 2.05) is 0 Å². The molecule has 0 radical (unpaired) electrons. The van der Waals surface area contributed by atoms with Crippen LogP contribution < -0.4 is 5.73 Å². The van der Waals surface area contributed by atoms with Crippen LogP contribution in [0.15, 0.2) is 16.6 Å². The molecule has 0 aliphatic heterocycles. The lowest BCUT2D eigenvalue weighted by molar-refractivity contribution is 0.713. The van der Waals surface area contributed by atoms with Crippen LogP contribution in [0.3, 0.4) is 0 Å². The second-order valence-corrected chi connectivity index (χ2v) is 4.35. The highest BCUT2D eigenvalue weighted by Gasteiger charge is 2.20. The van der Waals surface area contributed by atoms with E-state index in [1.54, 1.807) is 0 Å². The fourth-order valence-electron chi connectivity index (χ4n) is 1.93. The molecular formula is C10H13BrClN. The van der Waals surface area contributed by atoms with Crippen molar-refractivity contribution < 1.29 is 0 Å². The Labute approximate surface area is 93.2 Å². The monoisotopic (exact) mass is 261 g/mol. The Bertz CT molecular complexity index is 325. The van der Waals surface area contributed by atoms with Gasteiger partial charge in [-0.15, -0.1) is 12.4 Å². The summed E-state index contributed by atoms with van der Waals surface area (Å²) < 4.78 is 1.15. The van der Waals surface area contributed by atoms with Crippen LogP contribution in [0, 0.1) is 6.92 Å². The highest BCUT2D eigenvalue weighted by Crippen LogP contribution is 2.33. The first-order valence-corrected chi connectivity index (χ1v) is 5.02. The van der Waals surface area contributed by atoms with E-state index in [1.165, 1.54) is 16.7 Å². The summed E-state index contributed by atoms with van der Waals surface area (Å²) in [6.45, 7) is 2.15. The molecule has 13 heavy (non-hydrogen) atoms. The highest BCUT2D eigenvalue weighted by molar-refractivity contribution is 9.10. The van der Waals surface area contributed by atoms with Crippen molar-refractivity contribution in [2.24, 2.45) is 5.73 Å². The Morgan fingerprint density at radius 3 is 2.85 bits per heavy atom. The summed E-state index contributed by atoms with van der Waals surface area (Å²) in [6, 6.07) is 4.58. The average Bonchev–Trinajstić information content (AvgIpc) is 2.33. The van der Waals surface area contributed by atoms with Crippen molar-refractivity contribution >= 4 is 28.3 Å². The fourth-order valence-corrected chi connectivity index (χ4v) is 2.52. The molecule has 1 aliphatic rings. The maximum atomic E-state index is 5.96. The molecule has 0 saturated heterocycles. The highest BCUT2D eigenvalue weighted by atomic mass is 79.9.